The Balaban J connectivity index is 3.25. The standard InChI is InChI=1S/C12H16O5S/c1-4-8(2)17-11-6-5-9(18(3,15)16)7-10(11)12(13)14/h5-8H,4H2,1-3H3,(H,13,14). The second-order valence-corrected chi connectivity index (χ2v) is 6.09. The fourth-order valence-electron chi connectivity index (χ4n) is 1.31. The van der Waals surface area contributed by atoms with Gasteiger partial charge in [0.15, 0.2) is 9.84 Å². The van der Waals surface area contributed by atoms with Crippen molar-refractivity contribution in [2.45, 2.75) is 31.3 Å². The molecule has 0 aliphatic rings. The lowest BCUT2D eigenvalue weighted by atomic mass is 10.2. The summed E-state index contributed by atoms with van der Waals surface area (Å²) in [6.07, 6.45) is 1.63. The SMILES string of the molecule is CCC(C)Oc1ccc(S(C)(=O)=O)cc1C(=O)O. The van der Waals surface area contributed by atoms with Crippen LogP contribution in [0.15, 0.2) is 23.1 Å². The Labute approximate surface area is 106 Å². The number of rotatable bonds is 5. The van der Waals surface area contributed by atoms with Crippen molar-refractivity contribution >= 4 is 15.8 Å². The van der Waals surface area contributed by atoms with Crippen LogP contribution < -0.4 is 4.74 Å². The third kappa shape index (κ3) is 3.46. The summed E-state index contributed by atoms with van der Waals surface area (Å²) in [4.78, 5) is 11.1. The van der Waals surface area contributed by atoms with Crippen LogP contribution in [0.3, 0.4) is 0 Å². The lowest BCUT2D eigenvalue weighted by molar-refractivity contribution is 0.0689. The Bertz CT molecular complexity index is 548. The van der Waals surface area contributed by atoms with Gasteiger partial charge in [-0.25, -0.2) is 13.2 Å². The van der Waals surface area contributed by atoms with Crippen molar-refractivity contribution < 1.29 is 23.1 Å². The molecule has 0 aliphatic carbocycles. The molecule has 1 aromatic rings. The van der Waals surface area contributed by atoms with Crippen LogP contribution in [-0.4, -0.2) is 31.9 Å². The molecule has 1 atom stereocenters. The predicted octanol–water partition coefficient (Wildman–Crippen LogP) is 1.97. The van der Waals surface area contributed by atoms with Crippen molar-refractivity contribution in [1.82, 2.24) is 0 Å². The topological polar surface area (TPSA) is 80.7 Å². The van der Waals surface area contributed by atoms with Gasteiger partial charge in [0.1, 0.15) is 11.3 Å². The molecule has 0 fully saturated rings. The Hall–Kier alpha value is -1.56. The molecule has 0 saturated heterocycles. The van der Waals surface area contributed by atoms with Crippen LogP contribution in [0.5, 0.6) is 5.75 Å². The van der Waals surface area contributed by atoms with E-state index in [4.69, 9.17) is 9.84 Å². The Morgan fingerprint density at radius 2 is 2.06 bits per heavy atom. The summed E-state index contributed by atoms with van der Waals surface area (Å²) in [5, 5.41) is 9.07. The highest BCUT2D eigenvalue weighted by atomic mass is 32.2. The van der Waals surface area contributed by atoms with Gasteiger partial charge in [-0.05, 0) is 31.5 Å². The molecule has 18 heavy (non-hydrogen) atoms. The van der Waals surface area contributed by atoms with Gasteiger partial charge >= 0.3 is 5.97 Å². The fourth-order valence-corrected chi connectivity index (χ4v) is 1.96. The van der Waals surface area contributed by atoms with Gasteiger partial charge in [-0.1, -0.05) is 6.92 Å². The van der Waals surface area contributed by atoms with E-state index in [1.54, 1.807) is 0 Å². The van der Waals surface area contributed by atoms with Crippen LogP contribution in [0.4, 0.5) is 0 Å². The second-order valence-electron chi connectivity index (χ2n) is 4.07. The fraction of sp³-hybridized carbons (Fsp3) is 0.417. The first-order valence-electron chi connectivity index (χ1n) is 5.49. The van der Waals surface area contributed by atoms with Gasteiger partial charge < -0.3 is 9.84 Å². The molecule has 0 aliphatic heterocycles. The molecule has 0 amide bonds. The number of hydrogen-bond donors (Lipinski definition) is 1. The summed E-state index contributed by atoms with van der Waals surface area (Å²) < 4.78 is 28.2. The van der Waals surface area contributed by atoms with E-state index in [-0.39, 0.29) is 22.3 Å². The minimum atomic E-state index is -3.43. The Kier molecular flexibility index (Phi) is 4.34. The molecule has 1 rings (SSSR count). The van der Waals surface area contributed by atoms with E-state index >= 15 is 0 Å². The summed E-state index contributed by atoms with van der Waals surface area (Å²) in [6.45, 7) is 3.73. The van der Waals surface area contributed by atoms with Gasteiger partial charge in [-0.2, -0.15) is 0 Å². The van der Waals surface area contributed by atoms with Gasteiger partial charge in [0.2, 0.25) is 0 Å². The third-order valence-corrected chi connectivity index (χ3v) is 3.62. The van der Waals surface area contributed by atoms with E-state index in [1.807, 2.05) is 13.8 Å². The van der Waals surface area contributed by atoms with E-state index in [0.29, 0.717) is 0 Å². The van der Waals surface area contributed by atoms with E-state index in [9.17, 15) is 13.2 Å². The van der Waals surface area contributed by atoms with Crippen molar-refractivity contribution in [3.63, 3.8) is 0 Å². The molecule has 0 saturated carbocycles. The zero-order valence-electron chi connectivity index (χ0n) is 10.5. The van der Waals surface area contributed by atoms with Crippen LogP contribution in [0.2, 0.25) is 0 Å². The van der Waals surface area contributed by atoms with Crippen LogP contribution in [0.1, 0.15) is 30.6 Å². The molecule has 100 valence electrons. The number of benzene rings is 1. The van der Waals surface area contributed by atoms with E-state index in [0.717, 1.165) is 18.7 Å². The molecular weight excluding hydrogens is 256 g/mol. The largest absolute Gasteiger partial charge is 0.490 e. The van der Waals surface area contributed by atoms with Crippen molar-refractivity contribution in [3.05, 3.63) is 23.8 Å². The average molecular weight is 272 g/mol. The highest BCUT2D eigenvalue weighted by Gasteiger charge is 2.17. The first-order chi connectivity index (χ1) is 8.25. The van der Waals surface area contributed by atoms with Crippen molar-refractivity contribution in [2.75, 3.05) is 6.26 Å². The van der Waals surface area contributed by atoms with Crippen LogP contribution in [-0.2, 0) is 9.84 Å². The molecule has 1 unspecified atom stereocenters. The van der Waals surface area contributed by atoms with Crippen LogP contribution in [0.25, 0.3) is 0 Å². The molecule has 5 nitrogen and oxygen atoms in total. The van der Waals surface area contributed by atoms with E-state index < -0.39 is 15.8 Å². The zero-order valence-corrected chi connectivity index (χ0v) is 11.3. The molecule has 0 spiro atoms. The highest BCUT2D eigenvalue weighted by Crippen LogP contribution is 2.24. The van der Waals surface area contributed by atoms with E-state index in [1.165, 1.54) is 12.1 Å². The minimum absolute atomic E-state index is 0.0311. The molecule has 0 aromatic heterocycles. The predicted molar refractivity (Wildman–Crippen MR) is 66.9 cm³/mol. The number of carboxylic acids is 1. The number of carboxylic acid groups (broad SMARTS) is 1. The van der Waals surface area contributed by atoms with Gasteiger partial charge in [-0.3, -0.25) is 0 Å². The number of ether oxygens (including phenoxy) is 1. The van der Waals surface area contributed by atoms with Crippen molar-refractivity contribution in [2.24, 2.45) is 0 Å². The number of aromatic carboxylic acids is 1. The molecule has 0 bridgehead atoms. The third-order valence-electron chi connectivity index (χ3n) is 2.51. The van der Waals surface area contributed by atoms with Gasteiger partial charge in [0, 0.05) is 6.26 Å². The molecule has 1 N–H and O–H groups in total. The number of sulfone groups is 1. The second kappa shape index (κ2) is 5.39. The Morgan fingerprint density at radius 3 is 2.50 bits per heavy atom. The summed E-state index contributed by atoms with van der Waals surface area (Å²) in [6, 6.07) is 3.85. The lowest BCUT2D eigenvalue weighted by Gasteiger charge is -2.15. The van der Waals surface area contributed by atoms with E-state index in [2.05, 4.69) is 0 Å². The lowest BCUT2D eigenvalue weighted by Crippen LogP contribution is -2.13. The van der Waals surface area contributed by atoms with Crippen LogP contribution >= 0.6 is 0 Å². The summed E-state index contributed by atoms with van der Waals surface area (Å²) in [7, 11) is -3.43. The maximum absolute atomic E-state index is 11.4. The smallest absolute Gasteiger partial charge is 0.339 e. The maximum Gasteiger partial charge on any atom is 0.339 e. The van der Waals surface area contributed by atoms with Crippen molar-refractivity contribution in [3.8, 4) is 5.75 Å². The molecular formula is C12H16O5S. The van der Waals surface area contributed by atoms with Crippen molar-refractivity contribution in [1.29, 1.82) is 0 Å². The summed E-state index contributed by atoms with van der Waals surface area (Å²) >= 11 is 0. The Morgan fingerprint density at radius 1 is 1.44 bits per heavy atom. The normalized spacial score (nSPS) is 13.1. The first kappa shape index (κ1) is 14.5. The minimum Gasteiger partial charge on any atom is -0.490 e. The monoisotopic (exact) mass is 272 g/mol. The molecule has 0 heterocycles. The quantitative estimate of drug-likeness (QED) is 0.886. The van der Waals surface area contributed by atoms with Gasteiger partial charge in [0.25, 0.3) is 0 Å². The van der Waals surface area contributed by atoms with Gasteiger partial charge in [0.05, 0.1) is 11.0 Å². The summed E-state index contributed by atoms with van der Waals surface area (Å²) in [5.41, 5.74) is -0.141. The summed E-state index contributed by atoms with van der Waals surface area (Å²) in [5.74, 6) is -1.02. The van der Waals surface area contributed by atoms with Gasteiger partial charge in [-0.15, -0.1) is 0 Å². The molecule has 6 heteroatoms. The molecule has 0 radical (unpaired) electrons. The highest BCUT2D eigenvalue weighted by molar-refractivity contribution is 7.90. The average Bonchev–Trinajstić information content (AvgIpc) is 2.27. The molecule has 1 aromatic carbocycles. The number of hydrogen-bond acceptors (Lipinski definition) is 4. The zero-order chi connectivity index (χ0) is 13.9. The van der Waals surface area contributed by atoms with Crippen LogP contribution in [0, 0.1) is 0 Å². The first-order valence-corrected chi connectivity index (χ1v) is 7.39. The maximum atomic E-state index is 11.4. The number of carbonyl (C=O) groups is 1.